The molecule has 0 aromatic heterocycles. The number of ketones is 2. The predicted octanol–water partition coefficient (Wildman–Crippen LogP) is 0.821. The summed E-state index contributed by atoms with van der Waals surface area (Å²) in [6.07, 6.45) is -0.466. The van der Waals surface area contributed by atoms with E-state index in [2.05, 4.69) is 0 Å². The molecule has 0 aromatic rings. The first-order valence-corrected chi connectivity index (χ1v) is 6.85. The first-order chi connectivity index (χ1) is 10.6. The molecular formula is C15H20O8. The Kier molecular flexibility index (Phi) is 9.14. The fraction of sp³-hybridized carbons (Fsp3) is 0.533. The normalized spacial score (nSPS) is 12.2. The smallest absolute Gasteiger partial charge is 0.330 e. The maximum atomic E-state index is 11.5. The number of ether oxygens (including phenoxy) is 2. The highest BCUT2D eigenvalue weighted by Gasteiger charge is 2.18. The second-order valence-corrected chi connectivity index (χ2v) is 4.98. The molecule has 1 unspecified atom stereocenters. The lowest BCUT2D eigenvalue weighted by atomic mass is 10.2. The van der Waals surface area contributed by atoms with Crippen molar-refractivity contribution in [3.8, 4) is 0 Å². The topological polar surface area (TPSA) is 124 Å². The molecule has 8 nitrogen and oxygen atoms in total. The van der Waals surface area contributed by atoms with Crippen molar-refractivity contribution in [1.82, 2.24) is 0 Å². The molecule has 23 heavy (non-hydrogen) atoms. The fourth-order valence-corrected chi connectivity index (χ4v) is 1.42. The van der Waals surface area contributed by atoms with Crippen molar-refractivity contribution in [3.05, 3.63) is 11.6 Å². The van der Waals surface area contributed by atoms with Crippen LogP contribution in [0.15, 0.2) is 11.6 Å². The molecule has 0 bridgehead atoms. The van der Waals surface area contributed by atoms with Crippen LogP contribution in [0.3, 0.4) is 0 Å². The van der Waals surface area contributed by atoms with Gasteiger partial charge in [0.05, 0.1) is 0 Å². The van der Waals surface area contributed by atoms with Crippen LogP contribution in [0.4, 0.5) is 0 Å². The maximum absolute atomic E-state index is 11.5. The number of esters is 2. The van der Waals surface area contributed by atoms with Gasteiger partial charge in [-0.1, -0.05) is 6.08 Å². The van der Waals surface area contributed by atoms with Gasteiger partial charge in [0.1, 0.15) is 37.1 Å². The van der Waals surface area contributed by atoms with Crippen LogP contribution in [-0.4, -0.2) is 47.3 Å². The SMILES string of the molecule is CC(=O)CC(=O)OCC(CC=C(C)C(=O)O)OC(=O)CC(C)=O. The average molecular weight is 328 g/mol. The molecule has 128 valence electrons. The Hall–Kier alpha value is -2.51. The molecule has 0 aromatic carbocycles. The monoisotopic (exact) mass is 328 g/mol. The zero-order chi connectivity index (χ0) is 18.0. The molecule has 0 saturated carbocycles. The molecule has 0 aliphatic carbocycles. The molecule has 0 saturated heterocycles. The molecule has 0 aliphatic heterocycles. The van der Waals surface area contributed by atoms with E-state index in [1.54, 1.807) is 0 Å². The van der Waals surface area contributed by atoms with Gasteiger partial charge in [-0.3, -0.25) is 19.2 Å². The van der Waals surface area contributed by atoms with Crippen molar-refractivity contribution in [2.45, 2.75) is 46.1 Å². The summed E-state index contributed by atoms with van der Waals surface area (Å²) in [6, 6.07) is 0. The van der Waals surface area contributed by atoms with Crippen LogP contribution in [-0.2, 0) is 33.4 Å². The molecule has 8 heteroatoms. The number of carbonyl (C=O) groups is 5. The van der Waals surface area contributed by atoms with Crippen LogP contribution in [0, 0.1) is 0 Å². The van der Waals surface area contributed by atoms with Crippen molar-refractivity contribution in [2.24, 2.45) is 0 Å². The lowest BCUT2D eigenvalue weighted by molar-refractivity contribution is -0.160. The highest BCUT2D eigenvalue weighted by atomic mass is 16.6. The number of aliphatic carboxylic acids is 1. The van der Waals surface area contributed by atoms with Gasteiger partial charge in [-0.25, -0.2) is 4.79 Å². The largest absolute Gasteiger partial charge is 0.478 e. The van der Waals surface area contributed by atoms with Gasteiger partial charge in [0.15, 0.2) is 0 Å². The third-order valence-electron chi connectivity index (χ3n) is 2.54. The Balaban J connectivity index is 4.72. The number of carboxylic acid groups (broad SMARTS) is 1. The molecule has 0 spiro atoms. The summed E-state index contributed by atoms with van der Waals surface area (Å²) in [5.74, 6) is -3.47. The summed E-state index contributed by atoms with van der Waals surface area (Å²) >= 11 is 0. The highest BCUT2D eigenvalue weighted by Crippen LogP contribution is 2.07. The number of hydrogen-bond donors (Lipinski definition) is 1. The van der Waals surface area contributed by atoms with Crippen LogP contribution < -0.4 is 0 Å². The van der Waals surface area contributed by atoms with Gasteiger partial charge in [0.25, 0.3) is 0 Å². The van der Waals surface area contributed by atoms with Gasteiger partial charge in [-0.15, -0.1) is 0 Å². The molecule has 0 amide bonds. The van der Waals surface area contributed by atoms with Gasteiger partial charge < -0.3 is 14.6 Å². The van der Waals surface area contributed by atoms with Crippen molar-refractivity contribution in [2.75, 3.05) is 6.61 Å². The minimum Gasteiger partial charge on any atom is -0.478 e. The average Bonchev–Trinajstić information content (AvgIpc) is 2.39. The van der Waals surface area contributed by atoms with E-state index < -0.39 is 36.9 Å². The van der Waals surface area contributed by atoms with Gasteiger partial charge in [-0.2, -0.15) is 0 Å². The molecule has 1 N–H and O–H groups in total. The van der Waals surface area contributed by atoms with E-state index in [0.717, 1.165) is 0 Å². The van der Waals surface area contributed by atoms with Crippen molar-refractivity contribution >= 4 is 29.5 Å². The zero-order valence-electron chi connectivity index (χ0n) is 13.3. The number of hydrogen-bond acceptors (Lipinski definition) is 7. The lowest BCUT2D eigenvalue weighted by Crippen LogP contribution is -2.26. The number of carbonyl (C=O) groups excluding carboxylic acids is 4. The lowest BCUT2D eigenvalue weighted by Gasteiger charge is -2.16. The molecule has 0 fully saturated rings. The predicted molar refractivity (Wildman–Crippen MR) is 77.4 cm³/mol. The second kappa shape index (κ2) is 10.3. The minimum absolute atomic E-state index is 0.00483. The zero-order valence-corrected chi connectivity index (χ0v) is 13.3. The van der Waals surface area contributed by atoms with E-state index in [9.17, 15) is 24.0 Å². The summed E-state index contributed by atoms with van der Waals surface area (Å²) < 4.78 is 9.80. The molecule has 0 heterocycles. The van der Waals surface area contributed by atoms with Gasteiger partial charge in [0.2, 0.25) is 0 Å². The Morgan fingerprint density at radius 2 is 1.48 bits per heavy atom. The summed E-state index contributed by atoms with van der Waals surface area (Å²) in [7, 11) is 0. The summed E-state index contributed by atoms with van der Waals surface area (Å²) in [6.45, 7) is 3.47. The standard InChI is InChI=1S/C15H20O8/c1-9(15(20)21)4-5-12(23-14(19)7-11(3)17)8-22-13(18)6-10(2)16/h4,12H,5-8H2,1-3H3,(H,20,21). The Bertz CT molecular complexity index is 518. The Morgan fingerprint density at radius 1 is 0.957 bits per heavy atom. The molecular weight excluding hydrogens is 308 g/mol. The van der Waals surface area contributed by atoms with E-state index in [1.165, 1.54) is 26.8 Å². The van der Waals surface area contributed by atoms with E-state index in [1.807, 2.05) is 0 Å². The Labute approximate surface area is 133 Å². The van der Waals surface area contributed by atoms with Gasteiger partial charge >= 0.3 is 17.9 Å². The quantitative estimate of drug-likeness (QED) is 0.355. The first kappa shape index (κ1) is 20.5. The third-order valence-corrected chi connectivity index (χ3v) is 2.54. The summed E-state index contributed by atoms with van der Waals surface area (Å²) in [5, 5.41) is 8.77. The molecule has 0 rings (SSSR count). The van der Waals surface area contributed by atoms with E-state index >= 15 is 0 Å². The number of rotatable bonds is 10. The van der Waals surface area contributed by atoms with Crippen LogP contribution in [0.5, 0.6) is 0 Å². The van der Waals surface area contributed by atoms with Gasteiger partial charge in [0, 0.05) is 12.0 Å². The van der Waals surface area contributed by atoms with Crippen LogP contribution in [0.2, 0.25) is 0 Å². The van der Waals surface area contributed by atoms with E-state index in [-0.39, 0.29) is 30.2 Å². The van der Waals surface area contributed by atoms with E-state index in [4.69, 9.17) is 14.6 Å². The minimum atomic E-state index is -1.13. The van der Waals surface area contributed by atoms with E-state index in [0.29, 0.717) is 0 Å². The van der Waals surface area contributed by atoms with Crippen LogP contribution in [0.25, 0.3) is 0 Å². The van der Waals surface area contributed by atoms with Crippen molar-refractivity contribution in [1.29, 1.82) is 0 Å². The van der Waals surface area contributed by atoms with Crippen molar-refractivity contribution < 1.29 is 38.6 Å². The number of Topliss-reactive ketones (excluding diaryl/α,β-unsaturated/α-hetero) is 2. The fourth-order valence-electron chi connectivity index (χ4n) is 1.42. The first-order valence-electron chi connectivity index (χ1n) is 6.85. The second-order valence-electron chi connectivity index (χ2n) is 4.98. The molecule has 1 atom stereocenters. The van der Waals surface area contributed by atoms with Crippen LogP contribution in [0.1, 0.15) is 40.0 Å². The molecule has 0 aliphatic rings. The highest BCUT2D eigenvalue weighted by molar-refractivity contribution is 5.94. The summed E-state index contributed by atoms with van der Waals surface area (Å²) in [4.78, 5) is 55.2. The van der Waals surface area contributed by atoms with Crippen molar-refractivity contribution in [3.63, 3.8) is 0 Å². The maximum Gasteiger partial charge on any atom is 0.330 e. The number of carboxylic acids is 1. The van der Waals surface area contributed by atoms with Crippen LogP contribution >= 0.6 is 0 Å². The van der Waals surface area contributed by atoms with Gasteiger partial charge in [-0.05, 0) is 20.8 Å². The molecule has 0 radical (unpaired) electrons. The third kappa shape index (κ3) is 10.8. The Morgan fingerprint density at radius 3 is 1.96 bits per heavy atom. The summed E-state index contributed by atoms with van der Waals surface area (Å²) in [5.41, 5.74) is 0.0349.